The molecule has 0 bridgehead atoms. The van der Waals surface area contributed by atoms with Crippen molar-refractivity contribution in [1.82, 2.24) is 9.78 Å². The molecule has 0 fully saturated rings. The van der Waals surface area contributed by atoms with E-state index in [1.807, 2.05) is 32.0 Å². The Morgan fingerprint density at radius 3 is 2.59 bits per heavy atom. The van der Waals surface area contributed by atoms with Crippen LogP contribution in [0.1, 0.15) is 35.8 Å². The number of hydrogen-bond donors (Lipinski definition) is 0. The molecule has 0 unspecified atom stereocenters. The Bertz CT molecular complexity index is 546. The van der Waals surface area contributed by atoms with Gasteiger partial charge in [0.05, 0.1) is 22.0 Å². The molecule has 0 atom stereocenters. The number of nitrogens with zero attached hydrogens (tertiary/aromatic N) is 2. The van der Waals surface area contributed by atoms with Gasteiger partial charge in [0.2, 0.25) is 0 Å². The van der Waals surface area contributed by atoms with Gasteiger partial charge in [-0.05, 0) is 18.1 Å². The van der Waals surface area contributed by atoms with Crippen molar-refractivity contribution in [2.75, 3.05) is 0 Å². The molecule has 2 aromatic rings. The number of aromatic nitrogens is 2. The summed E-state index contributed by atoms with van der Waals surface area (Å²) < 4.78 is 1.65. The second kappa shape index (κ2) is 4.72. The van der Waals surface area contributed by atoms with Gasteiger partial charge in [-0.3, -0.25) is 4.79 Å². The molecule has 1 heterocycles. The SMILES string of the molecule is CC(C)c1nn(-c2ccccc2Cl)cc1C=O. The van der Waals surface area contributed by atoms with Crippen LogP contribution in [0.2, 0.25) is 5.02 Å². The Morgan fingerprint density at radius 2 is 2.06 bits per heavy atom. The molecule has 0 N–H and O–H groups in total. The quantitative estimate of drug-likeness (QED) is 0.780. The lowest BCUT2D eigenvalue weighted by Crippen LogP contribution is -1.98. The first-order chi connectivity index (χ1) is 8.13. The number of carbonyl (C=O) groups excluding carboxylic acids is 1. The van der Waals surface area contributed by atoms with Crippen LogP contribution in [0.3, 0.4) is 0 Å². The molecular formula is C13H13ClN2O. The van der Waals surface area contributed by atoms with E-state index < -0.39 is 0 Å². The van der Waals surface area contributed by atoms with Crippen molar-refractivity contribution in [2.45, 2.75) is 19.8 Å². The van der Waals surface area contributed by atoms with Crippen LogP contribution in [0, 0.1) is 0 Å². The summed E-state index contributed by atoms with van der Waals surface area (Å²) in [4.78, 5) is 11.0. The topological polar surface area (TPSA) is 34.9 Å². The summed E-state index contributed by atoms with van der Waals surface area (Å²) in [5.41, 5.74) is 2.18. The van der Waals surface area contributed by atoms with Crippen LogP contribution in [-0.4, -0.2) is 16.1 Å². The average Bonchev–Trinajstić information content (AvgIpc) is 2.73. The number of aldehydes is 1. The fraction of sp³-hybridized carbons (Fsp3) is 0.231. The lowest BCUT2D eigenvalue weighted by Gasteiger charge is -2.03. The minimum atomic E-state index is 0.207. The Balaban J connectivity index is 2.54. The van der Waals surface area contributed by atoms with Crippen molar-refractivity contribution >= 4 is 17.9 Å². The monoisotopic (exact) mass is 248 g/mol. The third-order valence-corrected chi connectivity index (χ3v) is 2.87. The molecule has 0 aliphatic heterocycles. The Hall–Kier alpha value is -1.61. The van der Waals surface area contributed by atoms with E-state index in [1.165, 1.54) is 0 Å². The van der Waals surface area contributed by atoms with E-state index in [4.69, 9.17) is 11.6 Å². The Labute approximate surface area is 105 Å². The van der Waals surface area contributed by atoms with E-state index in [-0.39, 0.29) is 5.92 Å². The highest BCUT2D eigenvalue weighted by atomic mass is 35.5. The molecule has 88 valence electrons. The van der Waals surface area contributed by atoms with E-state index in [1.54, 1.807) is 16.9 Å². The van der Waals surface area contributed by atoms with Gasteiger partial charge in [-0.15, -0.1) is 0 Å². The van der Waals surface area contributed by atoms with Gasteiger partial charge >= 0.3 is 0 Å². The Kier molecular flexibility index (Phi) is 3.29. The van der Waals surface area contributed by atoms with Crippen molar-refractivity contribution < 1.29 is 4.79 Å². The third-order valence-electron chi connectivity index (χ3n) is 2.55. The summed E-state index contributed by atoms with van der Waals surface area (Å²) in [6.45, 7) is 4.01. The number of benzene rings is 1. The maximum Gasteiger partial charge on any atom is 0.153 e. The highest BCUT2D eigenvalue weighted by Gasteiger charge is 2.13. The van der Waals surface area contributed by atoms with Crippen LogP contribution >= 0.6 is 11.6 Å². The molecule has 0 amide bonds. The summed E-state index contributed by atoms with van der Waals surface area (Å²) >= 11 is 6.09. The molecule has 0 saturated carbocycles. The number of carbonyl (C=O) groups is 1. The zero-order chi connectivity index (χ0) is 12.4. The zero-order valence-electron chi connectivity index (χ0n) is 9.72. The largest absolute Gasteiger partial charge is 0.298 e. The molecule has 0 saturated heterocycles. The fourth-order valence-corrected chi connectivity index (χ4v) is 1.92. The third kappa shape index (κ3) is 2.24. The molecule has 1 aromatic carbocycles. The molecule has 0 radical (unpaired) electrons. The molecule has 0 aliphatic rings. The molecule has 0 spiro atoms. The first kappa shape index (κ1) is 11.9. The maximum atomic E-state index is 11.0. The van der Waals surface area contributed by atoms with Gasteiger partial charge in [0.15, 0.2) is 6.29 Å². The van der Waals surface area contributed by atoms with E-state index >= 15 is 0 Å². The first-order valence-electron chi connectivity index (χ1n) is 5.43. The minimum absolute atomic E-state index is 0.207. The van der Waals surface area contributed by atoms with Crippen LogP contribution < -0.4 is 0 Å². The average molecular weight is 249 g/mol. The normalized spacial score (nSPS) is 10.8. The van der Waals surface area contributed by atoms with E-state index in [0.29, 0.717) is 10.6 Å². The number of hydrogen-bond acceptors (Lipinski definition) is 2. The van der Waals surface area contributed by atoms with Gasteiger partial charge in [-0.25, -0.2) is 4.68 Å². The predicted octanol–water partition coefficient (Wildman–Crippen LogP) is 3.46. The Morgan fingerprint density at radius 1 is 1.35 bits per heavy atom. The number of rotatable bonds is 3. The minimum Gasteiger partial charge on any atom is -0.298 e. The van der Waals surface area contributed by atoms with Gasteiger partial charge in [-0.1, -0.05) is 37.6 Å². The standard InChI is InChI=1S/C13H13ClN2O/c1-9(2)13-10(8-17)7-16(15-13)12-6-4-3-5-11(12)14/h3-9H,1-2H3. The van der Waals surface area contributed by atoms with Crippen LogP contribution in [0.4, 0.5) is 0 Å². The summed E-state index contributed by atoms with van der Waals surface area (Å²) in [5, 5.41) is 5.03. The van der Waals surface area contributed by atoms with Crippen LogP contribution in [0.5, 0.6) is 0 Å². The predicted molar refractivity (Wildman–Crippen MR) is 68.1 cm³/mol. The van der Waals surface area contributed by atoms with Gasteiger partial charge in [0.1, 0.15) is 0 Å². The molecule has 3 nitrogen and oxygen atoms in total. The summed E-state index contributed by atoms with van der Waals surface area (Å²) in [5.74, 6) is 0.207. The van der Waals surface area contributed by atoms with Gasteiger partial charge in [0.25, 0.3) is 0 Å². The van der Waals surface area contributed by atoms with Gasteiger partial charge in [0, 0.05) is 6.20 Å². The van der Waals surface area contributed by atoms with Gasteiger partial charge < -0.3 is 0 Å². The van der Waals surface area contributed by atoms with Crippen molar-refractivity contribution in [3.63, 3.8) is 0 Å². The smallest absolute Gasteiger partial charge is 0.153 e. The first-order valence-corrected chi connectivity index (χ1v) is 5.81. The van der Waals surface area contributed by atoms with Crippen molar-refractivity contribution in [3.8, 4) is 5.69 Å². The van der Waals surface area contributed by atoms with E-state index in [9.17, 15) is 4.79 Å². The number of halogens is 1. The summed E-state index contributed by atoms with van der Waals surface area (Å²) in [7, 11) is 0. The lowest BCUT2D eigenvalue weighted by atomic mass is 10.1. The van der Waals surface area contributed by atoms with Crippen molar-refractivity contribution in [1.29, 1.82) is 0 Å². The highest BCUT2D eigenvalue weighted by Crippen LogP contribution is 2.22. The second-order valence-electron chi connectivity index (χ2n) is 4.14. The van der Waals surface area contributed by atoms with E-state index in [2.05, 4.69) is 5.10 Å². The maximum absolute atomic E-state index is 11.0. The molecule has 4 heteroatoms. The molecule has 1 aromatic heterocycles. The lowest BCUT2D eigenvalue weighted by molar-refractivity contribution is 0.112. The summed E-state index contributed by atoms with van der Waals surface area (Å²) in [6.07, 6.45) is 2.54. The highest BCUT2D eigenvalue weighted by molar-refractivity contribution is 6.32. The van der Waals surface area contributed by atoms with Crippen molar-refractivity contribution in [3.05, 3.63) is 46.7 Å². The van der Waals surface area contributed by atoms with Crippen molar-refractivity contribution in [2.24, 2.45) is 0 Å². The molecule has 0 aliphatic carbocycles. The van der Waals surface area contributed by atoms with Crippen LogP contribution in [-0.2, 0) is 0 Å². The molecule has 17 heavy (non-hydrogen) atoms. The van der Waals surface area contributed by atoms with Crippen LogP contribution in [0.25, 0.3) is 5.69 Å². The number of para-hydroxylation sites is 1. The summed E-state index contributed by atoms with van der Waals surface area (Å²) in [6, 6.07) is 7.42. The zero-order valence-corrected chi connectivity index (χ0v) is 10.5. The fourth-order valence-electron chi connectivity index (χ4n) is 1.70. The molecular weight excluding hydrogens is 236 g/mol. The van der Waals surface area contributed by atoms with Crippen LogP contribution in [0.15, 0.2) is 30.5 Å². The molecule has 2 rings (SSSR count). The second-order valence-corrected chi connectivity index (χ2v) is 4.55. The van der Waals surface area contributed by atoms with E-state index in [0.717, 1.165) is 17.7 Å². The van der Waals surface area contributed by atoms with Gasteiger partial charge in [-0.2, -0.15) is 5.10 Å².